The van der Waals surface area contributed by atoms with E-state index >= 15 is 0 Å². The molecule has 82 valence electrons. The second kappa shape index (κ2) is 3.49. The molecule has 14 heavy (non-hydrogen) atoms. The zero-order valence-electron chi connectivity index (χ0n) is 10.1. The van der Waals surface area contributed by atoms with Crippen LogP contribution < -0.4 is 0 Å². The summed E-state index contributed by atoms with van der Waals surface area (Å²) in [6, 6.07) is 1.62. The Balaban J connectivity index is 2.17. The molecule has 0 aliphatic carbocycles. The third-order valence-electron chi connectivity index (χ3n) is 3.68. The first kappa shape index (κ1) is 10.4. The molecule has 0 radical (unpaired) electrons. The maximum absolute atomic E-state index is 2.77. The van der Waals surface area contributed by atoms with E-state index in [2.05, 4.69) is 37.6 Å². The second-order valence-electron chi connectivity index (χ2n) is 6.04. The van der Waals surface area contributed by atoms with E-state index in [-0.39, 0.29) is 0 Å². The minimum atomic E-state index is 0.358. The van der Waals surface area contributed by atoms with Gasteiger partial charge in [0.15, 0.2) is 0 Å². The van der Waals surface area contributed by atoms with Gasteiger partial charge in [0.2, 0.25) is 0 Å². The molecule has 0 aromatic heterocycles. The first-order valence-corrected chi connectivity index (χ1v) is 5.95. The Morgan fingerprint density at radius 1 is 1.00 bits per heavy atom. The SMILES string of the molecule is CN1CC2CCCC(C1)N2C(C)(C)C. The van der Waals surface area contributed by atoms with E-state index in [9.17, 15) is 0 Å². The summed E-state index contributed by atoms with van der Waals surface area (Å²) >= 11 is 0. The van der Waals surface area contributed by atoms with Crippen molar-refractivity contribution in [1.29, 1.82) is 0 Å². The molecule has 0 amide bonds. The highest BCUT2D eigenvalue weighted by atomic mass is 15.3. The molecule has 0 N–H and O–H groups in total. The van der Waals surface area contributed by atoms with Gasteiger partial charge in [0.1, 0.15) is 0 Å². The zero-order valence-corrected chi connectivity index (χ0v) is 10.1. The lowest BCUT2D eigenvalue weighted by atomic mass is 9.86. The summed E-state index contributed by atoms with van der Waals surface area (Å²) in [7, 11) is 2.27. The molecule has 2 unspecified atom stereocenters. The molecule has 0 aromatic rings. The van der Waals surface area contributed by atoms with E-state index in [1.807, 2.05) is 0 Å². The van der Waals surface area contributed by atoms with Crippen LogP contribution >= 0.6 is 0 Å². The largest absolute Gasteiger partial charge is 0.303 e. The fraction of sp³-hybridized carbons (Fsp3) is 1.00. The number of fused-ring (bicyclic) bond motifs is 2. The molecule has 2 rings (SSSR count). The monoisotopic (exact) mass is 196 g/mol. The van der Waals surface area contributed by atoms with Gasteiger partial charge in [0, 0.05) is 30.7 Å². The topological polar surface area (TPSA) is 6.48 Å². The van der Waals surface area contributed by atoms with Crippen LogP contribution in [0.1, 0.15) is 40.0 Å². The molecular formula is C12H24N2. The first-order valence-electron chi connectivity index (χ1n) is 5.95. The summed E-state index contributed by atoms with van der Waals surface area (Å²) in [4.78, 5) is 5.28. The van der Waals surface area contributed by atoms with Crippen molar-refractivity contribution in [3.05, 3.63) is 0 Å². The van der Waals surface area contributed by atoms with Crippen LogP contribution in [0, 0.1) is 0 Å². The second-order valence-corrected chi connectivity index (χ2v) is 6.04. The van der Waals surface area contributed by atoms with Crippen molar-refractivity contribution in [1.82, 2.24) is 9.80 Å². The molecule has 2 atom stereocenters. The van der Waals surface area contributed by atoms with Gasteiger partial charge in [-0.05, 0) is 40.7 Å². The van der Waals surface area contributed by atoms with E-state index < -0.39 is 0 Å². The molecule has 2 fully saturated rings. The molecule has 2 aliphatic heterocycles. The molecule has 0 saturated carbocycles. The van der Waals surface area contributed by atoms with Crippen molar-refractivity contribution >= 4 is 0 Å². The third kappa shape index (κ3) is 1.82. The van der Waals surface area contributed by atoms with Crippen LogP contribution in [0.3, 0.4) is 0 Å². The summed E-state index contributed by atoms with van der Waals surface area (Å²) in [6.07, 6.45) is 4.24. The maximum Gasteiger partial charge on any atom is 0.0231 e. The molecular weight excluding hydrogens is 172 g/mol. The van der Waals surface area contributed by atoms with Crippen molar-refractivity contribution in [3.8, 4) is 0 Å². The van der Waals surface area contributed by atoms with E-state index in [1.165, 1.54) is 32.4 Å². The van der Waals surface area contributed by atoms with Gasteiger partial charge in [-0.25, -0.2) is 0 Å². The van der Waals surface area contributed by atoms with Crippen LogP contribution in [0.5, 0.6) is 0 Å². The van der Waals surface area contributed by atoms with Crippen molar-refractivity contribution in [2.75, 3.05) is 20.1 Å². The molecule has 2 aliphatic rings. The van der Waals surface area contributed by atoms with Crippen molar-refractivity contribution in [3.63, 3.8) is 0 Å². The fourth-order valence-electron chi connectivity index (χ4n) is 3.41. The Morgan fingerprint density at radius 2 is 1.50 bits per heavy atom. The smallest absolute Gasteiger partial charge is 0.0231 e. The van der Waals surface area contributed by atoms with E-state index in [4.69, 9.17) is 0 Å². The van der Waals surface area contributed by atoms with Gasteiger partial charge in [0.25, 0.3) is 0 Å². The average molecular weight is 196 g/mol. The number of likely N-dealkylation sites (N-methyl/N-ethyl adjacent to an activating group) is 1. The van der Waals surface area contributed by atoms with Crippen LogP contribution in [-0.4, -0.2) is 47.6 Å². The lowest BCUT2D eigenvalue weighted by molar-refractivity contribution is -0.0558. The molecule has 2 heteroatoms. The lowest BCUT2D eigenvalue weighted by Gasteiger charge is -2.55. The third-order valence-corrected chi connectivity index (χ3v) is 3.68. The van der Waals surface area contributed by atoms with Gasteiger partial charge >= 0.3 is 0 Å². The van der Waals surface area contributed by atoms with Crippen LogP contribution in [0.4, 0.5) is 0 Å². The summed E-state index contributed by atoms with van der Waals surface area (Å²) in [5.74, 6) is 0. The Bertz CT molecular complexity index is 193. The van der Waals surface area contributed by atoms with E-state index in [0.29, 0.717) is 5.54 Å². The molecule has 2 saturated heterocycles. The first-order chi connectivity index (χ1) is 6.48. The van der Waals surface area contributed by atoms with Crippen LogP contribution in [0.2, 0.25) is 0 Å². The summed E-state index contributed by atoms with van der Waals surface area (Å²) in [5.41, 5.74) is 0.358. The van der Waals surface area contributed by atoms with Gasteiger partial charge in [-0.3, -0.25) is 4.90 Å². The fourth-order valence-corrected chi connectivity index (χ4v) is 3.41. The number of piperazine rings is 1. The van der Waals surface area contributed by atoms with E-state index in [0.717, 1.165) is 12.1 Å². The Morgan fingerprint density at radius 3 is 1.93 bits per heavy atom. The molecule has 2 heterocycles. The van der Waals surface area contributed by atoms with Crippen molar-refractivity contribution in [2.45, 2.75) is 57.7 Å². The maximum atomic E-state index is 2.77. The number of nitrogens with zero attached hydrogens (tertiary/aromatic N) is 2. The zero-order chi connectivity index (χ0) is 10.3. The number of likely N-dealkylation sites (tertiary alicyclic amines) is 1. The standard InChI is InChI=1S/C12H24N2/c1-12(2,3)14-10-6-5-7-11(14)9-13(4)8-10/h10-11H,5-9H2,1-4H3. The highest BCUT2D eigenvalue weighted by Crippen LogP contribution is 2.33. The quantitative estimate of drug-likeness (QED) is 0.584. The minimum absolute atomic E-state index is 0.358. The summed E-state index contributed by atoms with van der Waals surface area (Å²) in [5, 5.41) is 0. The normalized spacial score (nSPS) is 36.0. The van der Waals surface area contributed by atoms with E-state index in [1.54, 1.807) is 0 Å². The molecule has 0 spiro atoms. The number of rotatable bonds is 0. The van der Waals surface area contributed by atoms with Crippen LogP contribution in [-0.2, 0) is 0 Å². The van der Waals surface area contributed by atoms with Crippen molar-refractivity contribution < 1.29 is 0 Å². The van der Waals surface area contributed by atoms with Crippen molar-refractivity contribution in [2.24, 2.45) is 0 Å². The van der Waals surface area contributed by atoms with Gasteiger partial charge in [-0.1, -0.05) is 6.42 Å². The molecule has 2 nitrogen and oxygen atoms in total. The number of hydrogen-bond acceptors (Lipinski definition) is 2. The average Bonchev–Trinajstić information content (AvgIpc) is 1.99. The van der Waals surface area contributed by atoms with Crippen LogP contribution in [0.25, 0.3) is 0 Å². The van der Waals surface area contributed by atoms with Gasteiger partial charge in [-0.2, -0.15) is 0 Å². The number of piperidine rings is 1. The predicted octanol–water partition coefficient (Wildman–Crippen LogP) is 1.95. The van der Waals surface area contributed by atoms with Crippen LogP contribution in [0.15, 0.2) is 0 Å². The molecule has 2 bridgehead atoms. The van der Waals surface area contributed by atoms with Gasteiger partial charge < -0.3 is 4.90 Å². The van der Waals surface area contributed by atoms with Gasteiger partial charge in [-0.15, -0.1) is 0 Å². The Labute approximate surface area is 88.3 Å². The van der Waals surface area contributed by atoms with Gasteiger partial charge in [0.05, 0.1) is 0 Å². The minimum Gasteiger partial charge on any atom is -0.303 e. The highest BCUT2D eigenvalue weighted by Gasteiger charge is 2.41. The highest BCUT2D eigenvalue weighted by molar-refractivity contribution is 4.97. The Kier molecular flexibility index (Phi) is 2.61. The molecule has 0 aromatic carbocycles. The number of hydrogen-bond donors (Lipinski definition) is 0. The predicted molar refractivity (Wildman–Crippen MR) is 60.5 cm³/mol. The Hall–Kier alpha value is -0.0800. The summed E-state index contributed by atoms with van der Waals surface area (Å²) < 4.78 is 0. The lowest BCUT2D eigenvalue weighted by Crippen LogP contribution is -2.65. The summed E-state index contributed by atoms with van der Waals surface area (Å²) in [6.45, 7) is 9.64.